The summed E-state index contributed by atoms with van der Waals surface area (Å²) >= 11 is 0. The molecule has 1 amide bonds. The number of carbonyl (C=O) groups is 1. The van der Waals surface area contributed by atoms with Crippen molar-refractivity contribution in [3.05, 3.63) is 106 Å². The molecule has 3 saturated heterocycles. The van der Waals surface area contributed by atoms with E-state index in [-0.39, 0.29) is 29.3 Å². The van der Waals surface area contributed by atoms with Crippen molar-refractivity contribution in [2.45, 2.75) is 75.0 Å². The Balaban J connectivity index is 0.905. The summed E-state index contributed by atoms with van der Waals surface area (Å²) in [4.78, 5) is 40.4. The Kier molecular flexibility index (Phi) is 11.2. The molecule has 6 heterocycles. The summed E-state index contributed by atoms with van der Waals surface area (Å²) in [5, 5.41) is 16.0. The van der Waals surface area contributed by atoms with Crippen molar-refractivity contribution in [2.24, 2.45) is 5.41 Å². The molecule has 17 heteroatoms. The van der Waals surface area contributed by atoms with Crippen LogP contribution in [-0.4, -0.2) is 105 Å². The van der Waals surface area contributed by atoms with E-state index >= 15 is 0 Å². The van der Waals surface area contributed by atoms with Gasteiger partial charge in [-0.3, -0.25) is 19.8 Å². The first-order valence-electron chi connectivity index (χ1n) is 22.4. The molecule has 10 rings (SSSR count). The number of likely N-dealkylation sites (tertiary alicyclic amines) is 1. The number of nitro groups is 1. The van der Waals surface area contributed by atoms with Gasteiger partial charge >= 0.3 is 0 Å². The minimum atomic E-state index is -4.58. The highest BCUT2D eigenvalue weighted by Gasteiger charge is 2.55. The van der Waals surface area contributed by atoms with E-state index in [1.54, 1.807) is 12.3 Å². The molecule has 0 unspecified atom stereocenters. The molecule has 1 spiro atoms. The Bertz CT molecular complexity index is 2690. The molecule has 2 atom stereocenters. The molecule has 4 fully saturated rings. The predicted octanol–water partition coefficient (Wildman–Crippen LogP) is 7.27. The lowest BCUT2D eigenvalue weighted by Crippen LogP contribution is -2.66. The van der Waals surface area contributed by atoms with Crippen molar-refractivity contribution in [1.29, 1.82) is 0 Å². The summed E-state index contributed by atoms with van der Waals surface area (Å²) in [7, 11) is -4.58. The smallest absolute Gasteiger partial charge is 0.293 e. The zero-order valence-corrected chi connectivity index (χ0v) is 36.9. The number of sulfonamides is 1. The van der Waals surface area contributed by atoms with Gasteiger partial charge in [-0.1, -0.05) is 38.1 Å². The average Bonchev–Trinajstić information content (AvgIpc) is 3.89. The number of aromatic nitrogens is 2. The van der Waals surface area contributed by atoms with E-state index in [0.29, 0.717) is 80.3 Å². The highest BCUT2D eigenvalue weighted by molar-refractivity contribution is 7.90. The zero-order valence-electron chi connectivity index (χ0n) is 36.1. The minimum absolute atomic E-state index is 0.118. The summed E-state index contributed by atoms with van der Waals surface area (Å²) in [6.07, 6.45) is 6.79. The van der Waals surface area contributed by atoms with Crippen molar-refractivity contribution >= 4 is 55.4 Å². The van der Waals surface area contributed by atoms with Gasteiger partial charge in [-0.15, -0.1) is 0 Å². The van der Waals surface area contributed by atoms with Crippen LogP contribution in [0.3, 0.4) is 0 Å². The minimum Gasteiger partial charge on any atom is -0.476 e. The molecule has 3 aromatic carbocycles. The monoisotopic (exact) mass is 890 g/mol. The van der Waals surface area contributed by atoms with Gasteiger partial charge in [-0.25, -0.2) is 13.1 Å². The van der Waals surface area contributed by atoms with Crippen LogP contribution >= 0.6 is 0 Å². The predicted molar refractivity (Wildman–Crippen MR) is 243 cm³/mol. The summed E-state index contributed by atoms with van der Waals surface area (Å²) in [5.74, 6) is 0.0108. The molecule has 0 radical (unpaired) electrons. The molecular formula is C47H54N8O8S. The standard InChI is InChI=1S/C47H54N8O8S/c1-30(2)36-7-3-4-8-37(36)40-9-5-16-53(40)33-24-47(25-33)28-52(29-47)32-10-12-38(41(22-32)54-17-6-18-63-46-43(54)21-31-14-15-48-44(31)50-46)45(56)51-64(59,60)35-11-13-39(42(23-35)55(57)58)49-26-34-27-61-19-20-62-34/h3-4,7-8,10-15,21-23,30,33-34,40,49H,5-6,9,16-20,24-29H2,1-2H3,(H,48,50)(H,51,56)/t34-,40-/m0/s1. The van der Waals surface area contributed by atoms with Gasteiger partial charge in [0, 0.05) is 67.0 Å². The molecule has 336 valence electrons. The van der Waals surface area contributed by atoms with E-state index in [1.807, 2.05) is 29.2 Å². The Morgan fingerprint density at radius 3 is 2.64 bits per heavy atom. The third kappa shape index (κ3) is 8.03. The van der Waals surface area contributed by atoms with E-state index in [4.69, 9.17) is 19.2 Å². The van der Waals surface area contributed by atoms with Gasteiger partial charge in [-0.05, 0) is 98.2 Å². The second kappa shape index (κ2) is 17.0. The van der Waals surface area contributed by atoms with Crippen LogP contribution in [0.2, 0.25) is 0 Å². The van der Waals surface area contributed by atoms with Gasteiger partial charge in [0.2, 0.25) is 5.88 Å². The SMILES string of the molecule is CC(C)c1ccccc1[C@@H]1CCCN1C1CC2(C1)CN(c1ccc(C(=O)NS(=O)(=O)c3ccc(NC[C@H]4COCCO4)c([N+](=O)[O-])c3)c(N3CCCOc4nc5[nH]ccc5cc43)c1)C2. The van der Waals surface area contributed by atoms with Crippen molar-refractivity contribution < 1.29 is 32.3 Å². The molecule has 5 aromatic rings. The molecular weight excluding hydrogens is 837 g/mol. The van der Waals surface area contributed by atoms with Crippen LogP contribution in [0, 0.1) is 15.5 Å². The largest absolute Gasteiger partial charge is 0.476 e. The fourth-order valence-electron chi connectivity index (χ4n) is 10.5. The van der Waals surface area contributed by atoms with Gasteiger partial charge in [0.15, 0.2) is 0 Å². The van der Waals surface area contributed by atoms with Crippen LogP contribution in [0.15, 0.2) is 83.9 Å². The fraction of sp³-hybridized carbons (Fsp3) is 0.447. The number of hydrogen-bond acceptors (Lipinski definition) is 13. The Morgan fingerprint density at radius 2 is 1.84 bits per heavy atom. The molecule has 2 aromatic heterocycles. The number of nitrogens with one attached hydrogen (secondary N) is 3. The van der Waals surface area contributed by atoms with Crippen LogP contribution in [0.1, 0.15) is 79.4 Å². The van der Waals surface area contributed by atoms with Crippen LogP contribution in [0.25, 0.3) is 11.0 Å². The third-order valence-corrected chi connectivity index (χ3v) is 15.0. The van der Waals surface area contributed by atoms with Crippen LogP contribution < -0.4 is 24.6 Å². The first-order chi connectivity index (χ1) is 30.9. The lowest BCUT2D eigenvalue weighted by Gasteiger charge is -2.62. The Hall–Kier alpha value is -5.75. The van der Waals surface area contributed by atoms with E-state index in [0.717, 1.165) is 49.6 Å². The molecule has 4 aliphatic heterocycles. The van der Waals surface area contributed by atoms with E-state index in [9.17, 15) is 23.3 Å². The lowest BCUT2D eigenvalue weighted by atomic mass is 9.60. The normalized spacial score (nSPS) is 21.2. The highest BCUT2D eigenvalue weighted by atomic mass is 32.2. The number of ether oxygens (including phenoxy) is 3. The maximum absolute atomic E-state index is 14.3. The van der Waals surface area contributed by atoms with Crippen molar-refractivity contribution in [1.82, 2.24) is 19.6 Å². The Labute approximate surface area is 372 Å². The number of amides is 1. The van der Waals surface area contributed by atoms with Gasteiger partial charge in [-0.2, -0.15) is 4.98 Å². The number of aromatic amines is 1. The van der Waals surface area contributed by atoms with E-state index in [1.165, 1.54) is 36.1 Å². The number of benzene rings is 3. The molecule has 3 N–H and O–H groups in total. The second-order valence-corrected chi connectivity index (χ2v) is 19.9. The molecule has 64 heavy (non-hydrogen) atoms. The van der Waals surface area contributed by atoms with Gasteiger partial charge in [0.25, 0.3) is 21.6 Å². The van der Waals surface area contributed by atoms with Crippen molar-refractivity contribution in [2.75, 3.05) is 74.3 Å². The van der Waals surface area contributed by atoms with E-state index < -0.39 is 31.4 Å². The number of anilines is 4. The molecule has 5 aliphatic rings. The number of nitrogens with zero attached hydrogens (tertiary/aromatic N) is 5. The van der Waals surface area contributed by atoms with Gasteiger partial charge in [0.05, 0.1) is 53.6 Å². The van der Waals surface area contributed by atoms with Crippen molar-refractivity contribution in [3.8, 4) is 5.88 Å². The second-order valence-electron chi connectivity index (χ2n) is 18.2. The number of nitro benzene ring substituents is 1. The average molecular weight is 891 g/mol. The maximum atomic E-state index is 14.3. The number of rotatable bonds is 12. The quantitative estimate of drug-likeness (QED) is 0.0841. The number of pyridine rings is 1. The van der Waals surface area contributed by atoms with Crippen LogP contribution in [-0.2, 0) is 19.5 Å². The molecule has 16 nitrogen and oxygen atoms in total. The first-order valence-corrected chi connectivity index (χ1v) is 23.8. The summed E-state index contributed by atoms with van der Waals surface area (Å²) in [6, 6.07) is 22.9. The molecule has 0 bridgehead atoms. The highest BCUT2D eigenvalue weighted by Crippen LogP contribution is 2.54. The summed E-state index contributed by atoms with van der Waals surface area (Å²) in [6.45, 7) is 9.79. The number of carbonyl (C=O) groups excluding carboxylic acids is 1. The first kappa shape index (κ1) is 42.2. The van der Waals surface area contributed by atoms with Crippen LogP contribution in [0.5, 0.6) is 5.88 Å². The lowest BCUT2D eigenvalue weighted by molar-refractivity contribution is -0.384. The number of H-pyrrole nitrogens is 1. The molecule has 1 aliphatic carbocycles. The fourth-order valence-corrected chi connectivity index (χ4v) is 11.5. The van der Waals surface area contributed by atoms with Crippen molar-refractivity contribution in [3.63, 3.8) is 0 Å². The van der Waals surface area contributed by atoms with E-state index in [2.05, 4.69) is 62.9 Å². The zero-order chi connectivity index (χ0) is 44.2. The summed E-state index contributed by atoms with van der Waals surface area (Å²) in [5.41, 5.74) is 5.69. The number of fused-ring (bicyclic) bond motifs is 2. The molecule has 1 saturated carbocycles. The number of hydrogen-bond donors (Lipinski definition) is 3. The third-order valence-electron chi connectivity index (χ3n) is 13.7. The topological polar surface area (TPSA) is 185 Å². The van der Waals surface area contributed by atoms with Gasteiger partial charge < -0.3 is 34.3 Å². The maximum Gasteiger partial charge on any atom is 0.293 e. The Morgan fingerprint density at radius 1 is 1.00 bits per heavy atom. The van der Waals surface area contributed by atoms with Gasteiger partial charge in [0.1, 0.15) is 17.0 Å². The van der Waals surface area contributed by atoms with Crippen LogP contribution in [0.4, 0.5) is 28.4 Å². The summed E-state index contributed by atoms with van der Waals surface area (Å²) < 4.78 is 47.2.